The molecule has 0 aliphatic carbocycles. The summed E-state index contributed by atoms with van der Waals surface area (Å²) in [4.78, 5) is 28.4. The normalized spacial score (nSPS) is 18.8. The zero-order chi connectivity index (χ0) is 18.2. The molecule has 2 fully saturated rings. The molecule has 2 aliphatic heterocycles. The highest BCUT2D eigenvalue weighted by molar-refractivity contribution is 5.94. The van der Waals surface area contributed by atoms with Crippen molar-refractivity contribution in [2.45, 2.75) is 51.5 Å². The molecule has 5 nitrogen and oxygen atoms in total. The van der Waals surface area contributed by atoms with Gasteiger partial charge in [0.1, 0.15) is 0 Å². The Morgan fingerprint density at radius 3 is 2.35 bits per heavy atom. The zero-order valence-electron chi connectivity index (χ0n) is 15.7. The Labute approximate surface area is 156 Å². The van der Waals surface area contributed by atoms with Gasteiger partial charge in [-0.2, -0.15) is 0 Å². The molecular formula is C21H31N3O2. The van der Waals surface area contributed by atoms with E-state index in [4.69, 9.17) is 0 Å². The van der Waals surface area contributed by atoms with Gasteiger partial charge < -0.3 is 15.1 Å². The molecule has 2 heterocycles. The molecule has 0 bridgehead atoms. The van der Waals surface area contributed by atoms with E-state index in [2.05, 4.69) is 10.2 Å². The summed E-state index contributed by atoms with van der Waals surface area (Å²) in [6.07, 6.45) is 7.95. The number of hydrogen-bond acceptors (Lipinski definition) is 3. The van der Waals surface area contributed by atoms with E-state index in [9.17, 15) is 9.59 Å². The summed E-state index contributed by atoms with van der Waals surface area (Å²) in [6, 6.07) is 7.63. The van der Waals surface area contributed by atoms with Gasteiger partial charge in [0.05, 0.1) is 0 Å². The molecule has 2 amide bonds. The molecule has 0 aromatic heterocycles. The van der Waals surface area contributed by atoms with E-state index < -0.39 is 0 Å². The second-order valence-electron chi connectivity index (χ2n) is 7.48. The lowest BCUT2D eigenvalue weighted by atomic mass is 10.1. The molecule has 0 radical (unpaired) electrons. The minimum Gasteiger partial charge on any atom is -0.352 e. The van der Waals surface area contributed by atoms with Gasteiger partial charge in [0.2, 0.25) is 5.91 Å². The molecule has 5 heteroatoms. The van der Waals surface area contributed by atoms with Gasteiger partial charge in [-0.3, -0.25) is 9.59 Å². The molecule has 26 heavy (non-hydrogen) atoms. The van der Waals surface area contributed by atoms with Crippen molar-refractivity contribution in [2.75, 3.05) is 32.7 Å². The summed E-state index contributed by atoms with van der Waals surface area (Å²) in [5.74, 6) is 0.223. The van der Waals surface area contributed by atoms with Crippen molar-refractivity contribution >= 4 is 11.8 Å². The van der Waals surface area contributed by atoms with E-state index in [-0.39, 0.29) is 11.8 Å². The predicted molar refractivity (Wildman–Crippen MR) is 103 cm³/mol. The number of rotatable bonds is 7. The number of carbonyl (C=O) groups excluding carboxylic acids is 2. The maximum Gasteiger partial charge on any atom is 0.251 e. The summed E-state index contributed by atoms with van der Waals surface area (Å²) in [5, 5.41) is 3.02. The first-order valence-corrected chi connectivity index (χ1v) is 10.1. The summed E-state index contributed by atoms with van der Waals surface area (Å²) in [6.45, 7) is 5.70. The van der Waals surface area contributed by atoms with Crippen molar-refractivity contribution in [3.8, 4) is 0 Å². The van der Waals surface area contributed by atoms with Crippen LogP contribution in [0.15, 0.2) is 24.3 Å². The smallest absolute Gasteiger partial charge is 0.251 e. The van der Waals surface area contributed by atoms with Gasteiger partial charge in [-0.15, -0.1) is 0 Å². The van der Waals surface area contributed by atoms with Crippen molar-refractivity contribution < 1.29 is 9.59 Å². The monoisotopic (exact) mass is 357 g/mol. The van der Waals surface area contributed by atoms with Crippen molar-refractivity contribution in [3.05, 3.63) is 35.4 Å². The molecule has 1 N–H and O–H groups in total. The second-order valence-corrected chi connectivity index (χ2v) is 7.48. The van der Waals surface area contributed by atoms with Crippen LogP contribution in [-0.2, 0) is 11.3 Å². The largest absolute Gasteiger partial charge is 0.352 e. The average molecular weight is 357 g/mol. The number of likely N-dealkylation sites (tertiary alicyclic amines) is 2. The van der Waals surface area contributed by atoms with Crippen LogP contribution in [0.1, 0.15) is 60.9 Å². The topological polar surface area (TPSA) is 52.7 Å². The molecule has 142 valence electrons. The first-order chi connectivity index (χ1) is 12.7. The number of nitrogens with zero attached hydrogens (tertiary/aromatic N) is 2. The van der Waals surface area contributed by atoms with E-state index in [1.54, 1.807) is 0 Å². The predicted octanol–water partition coefficient (Wildman–Crippen LogP) is 2.80. The Morgan fingerprint density at radius 2 is 1.69 bits per heavy atom. The minimum absolute atomic E-state index is 0.00957. The van der Waals surface area contributed by atoms with Crippen LogP contribution in [0.5, 0.6) is 0 Å². The molecule has 0 spiro atoms. The summed E-state index contributed by atoms with van der Waals surface area (Å²) < 4.78 is 0. The van der Waals surface area contributed by atoms with Crippen LogP contribution >= 0.6 is 0 Å². The van der Waals surface area contributed by atoms with Gasteiger partial charge in [-0.25, -0.2) is 0 Å². The minimum atomic E-state index is -0.00957. The van der Waals surface area contributed by atoms with Gasteiger partial charge >= 0.3 is 0 Å². The number of benzene rings is 1. The van der Waals surface area contributed by atoms with Crippen LogP contribution in [0.2, 0.25) is 0 Å². The van der Waals surface area contributed by atoms with Crippen LogP contribution < -0.4 is 5.32 Å². The van der Waals surface area contributed by atoms with Crippen molar-refractivity contribution in [3.63, 3.8) is 0 Å². The molecule has 2 aliphatic rings. The van der Waals surface area contributed by atoms with Crippen LogP contribution in [0.3, 0.4) is 0 Å². The van der Waals surface area contributed by atoms with Crippen molar-refractivity contribution in [1.29, 1.82) is 0 Å². The van der Waals surface area contributed by atoms with Crippen LogP contribution in [0.4, 0.5) is 0 Å². The Morgan fingerprint density at radius 1 is 0.962 bits per heavy atom. The maximum atomic E-state index is 12.3. The van der Waals surface area contributed by atoms with E-state index in [0.717, 1.165) is 38.0 Å². The third-order valence-electron chi connectivity index (χ3n) is 5.40. The Kier molecular flexibility index (Phi) is 7.06. The first kappa shape index (κ1) is 18.9. The van der Waals surface area contributed by atoms with Crippen LogP contribution in [-0.4, -0.2) is 54.3 Å². The molecular weight excluding hydrogens is 326 g/mol. The average Bonchev–Trinajstić information content (AvgIpc) is 2.90. The molecule has 0 saturated carbocycles. The van der Waals surface area contributed by atoms with Gasteiger partial charge in [-0.1, -0.05) is 25.0 Å². The molecule has 1 aromatic carbocycles. The highest BCUT2D eigenvalue weighted by Gasteiger charge is 2.20. The third kappa shape index (κ3) is 5.56. The number of hydrogen-bond donors (Lipinski definition) is 1. The van der Waals surface area contributed by atoms with Gasteiger partial charge in [0.15, 0.2) is 0 Å². The second kappa shape index (κ2) is 9.72. The fraction of sp³-hybridized carbons (Fsp3) is 0.619. The maximum absolute atomic E-state index is 12.3. The standard InChI is InChI=1S/C21H31N3O2/c25-20-7-5-16-24(20)17-18-8-10-19(11-9-18)21(26)22-12-6-15-23-13-3-1-2-4-14-23/h8-11H,1-7,12-17H2,(H,22,26). The molecule has 0 atom stereocenters. The zero-order valence-corrected chi connectivity index (χ0v) is 15.7. The molecule has 3 rings (SSSR count). The Balaban J connectivity index is 1.38. The summed E-state index contributed by atoms with van der Waals surface area (Å²) in [7, 11) is 0. The lowest BCUT2D eigenvalue weighted by molar-refractivity contribution is -0.128. The Bertz CT molecular complexity index is 592. The van der Waals surface area contributed by atoms with E-state index >= 15 is 0 Å². The quantitative estimate of drug-likeness (QED) is 0.764. The van der Waals surface area contributed by atoms with Gasteiger partial charge in [0, 0.05) is 31.6 Å². The SMILES string of the molecule is O=C(NCCCN1CCCCCC1)c1ccc(CN2CCCC2=O)cc1. The fourth-order valence-electron chi connectivity index (χ4n) is 3.82. The van der Waals surface area contributed by atoms with Crippen LogP contribution in [0, 0.1) is 0 Å². The van der Waals surface area contributed by atoms with E-state index in [1.165, 1.54) is 38.8 Å². The lowest BCUT2D eigenvalue weighted by Crippen LogP contribution is -2.30. The highest BCUT2D eigenvalue weighted by Crippen LogP contribution is 2.15. The first-order valence-electron chi connectivity index (χ1n) is 10.1. The number of amides is 2. The number of carbonyl (C=O) groups is 2. The third-order valence-corrected chi connectivity index (χ3v) is 5.40. The summed E-state index contributed by atoms with van der Waals surface area (Å²) in [5.41, 5.74) is 1.77. The Hall–Kier alpha value is -1.88. The molecule has 0 unspecified atom stereocenters. The van der Waals surface area contributed by atoms with Crippen LogP contribution in [0.25, 0.3) is 0 Å². The molecule has 1 aromatic rings. The van der Waals surface area contributed by atoms with Gasteiger partial charge in [-0.05, 0) is 63.0 Å². The van der Waals surface area contributed by atoms with E-state index in [0.29, 0.717) is 18.5 Å². The van der Waals surface area contributed by atoms with Gasteiger partial charge in [0.25, 0.3) is 5.91 Å². The number of nitrogens with one attached hydrogen (secondary N) is 1. The lowest BCUT2D eigenvalue weighted by Gasteiger charge is -2.19. The van der Waals surface area contributed by atoms with Crippen molar-refractivity contribution in [2.24, 2.45) is 0 Å². The van der Waals surface area contributed by atoms with E-state index in [1.807, 2.05) is 29.2 Å². The molecule has 2 saturated heterocycles. The fourth-order valence-corrected chi connectivity index (χ4v) is 3.82. The highest BCUT2D eigenvalue weighted by atomic mass is 16.2. The van der Waals surface area contributed by atoms with Crippen molar-refractivity contribution in [1.82, 2.24) is 15.1 Å². The summed E-state index contributed by atoms with van der Waals surface area (Å²) >= 11 is 0.